The predicted molar refractivity (Wildman–Crippen MR) is 46.9 cm³/mol. The first kappa shape index (κ1) is 10.1. The van der Waals surface area contributed by atoms with Crippen molar-refractivity contribution in [3.63, 3.8) is 0 Å². The van der Waals surface area contributed by atoms with Gasteiger partial charge in [0.05, 0.1) is 0 Å². The zero-order valence-electron chi connectivity index (χ0n) is 7.93. The van der Waals surface area contributed by atoms with E-state index in [4.69, 9.17) is 0 Å². The molecule has 1 aliphatic rings. The van der Waals surface area contributed by atoms with Gasteiger partial charge >= 0.3 is 78.8 Å². The first-order chi connectivity index (χ1) is 5.61. The van der Waals surface area contributed by atoms with Crippen molar-refractivity contribution in [2.45, 2.75) is 44.4 Å². The summed E-state index contributed by atoms with van der Waals surface area (Å²) in [5.74, 6) is 0.842. The van der Waals surface area contributed by atoms with Crippen molar-refractivity contribution < 1.29 is 17.5 Å². The van der Waals surface area contributed by atoms with Gasteiger partial charge < -0.3 is 0 Å². The second kappa shape index (κ2) is 4.33. The zero-order valence-corrected chi connectivity index (χ0v) is 8.97. The summed E-state index contributed by atoms with van der Waals surface area (Å²) in [5, 5.41) is 0. The molecule has 1 nitrogen and oxygen atoms in total. The summed E-state index contributed by atoms with van der Waals surface area (Å²) in [5.41, 5.74) is 0. The minimum absolute atomic E-state index is 0.436. The van der Waals surface area contributed by atoms with Gasteiger partial charge in [0.25, 0.3) is 0 Å². The Balaban J connectivity index is 2.44. The number of rotatable bonds is 2. The van der Waals surface area contributed by atoms with E-state index in [0.717, 1.165) is 23.3 Å². The fraction of sp³-hybridized carbons (Fsp3) is 0.800. The summed E-state index contributed by atoms with van der Waals surface area (Å²) in [6, 6.07) is 0. The zero-order chi connectivity index (χ0) is 9.14. The van der Waals surface area contributed by atoms with Gasteiger partial charge in [0.15, 0.2) is 0 Å². The standard InChI is InChI=1S/C7H13.C3H5.Co.O/c1-7-5-3-2-4-6-7;1-3-2;;/h2,7H,3-6H2,1H3;1H2,2H3;;. The minimum atomic E-state index is -1.10. The van der Waals surface area contributed by atoms with Crippen LogP contribution in [0.3, 0.4) is 0 Å². The molecule has 73 valence electrons. The van der Waals surface area contributed by atoms with Crippen LogP contribution in [0, 0.1) is 5.92 Å². The Morgan fingerprint density at radius 2 is 1.83 bits per heavy atom. The van der Waals surface area contributed by atoms with Crippen molar-refractivity contribution >= 4 is 0 Å². The van der Waals surface area contributed by atoms with Gasteiger partial charge in [-0.25, -0.2) is 0 Å². The number of hydrogen-bond donors (Lipinski definition) is 0. The molecule has 0 bridgehead atoms. The van der Waals surface area contributed by atoms with Crippen LogP contribution in [0.5, 0.6) is 0 Å². The van der Waals surface area contributed by atoms with Crippen molar-refractivity contribution in [1.29, 1.82) is 0 Å². The second-order valence-electron chi connectivity index (χ2n) is 3.70. The quantitative estimate of drug-likeness (QED) is 0.686. The summed E-state index contributed by atoms with van der Waals surface area (Å²) in [4.78, 5) is 0.436. The predicted octanol–water partition coefficient (Wildman–Crippen LogP) is 3.48. The van der Waals surface area contributed by atoms with Crippen molar-refractivity contribution in [2.75, 3.05) is 0 Å². The molecule has 0 spiro atoms. The normalized spacial score (nSPS) is 31.3. The van der Waals surface area contributed by atoms with Crippen LogP contribution < -0.4 is 0 Å². The number of allylic oxidation sites excluding steroid dienone is 1. The van der Waals surface area contributed by atoms with E-state index < -0.39 is 13.6 Å². The number of hydrogen-bond acceptors (Lipinski definition) is 1. The fourth-order valence-electron chi connectivity index (χ4n) is 1.61. The molecular weight excluding hydrogens is 195 g/mol. The Kier molecular flexibility index (Phi) is 3.66. The third-order valence-electron chi connectivity index (χ3n) is 2.45. The first-order valence-electron chi connectivity index (χ1n) is 4.56. The summed E-state index contributed by atoms with van der Waals surface area (Å²) in [6.07, 6.45) is 4.78. The molecule has 0 aromatic heterocycles. The molecule has 2 heteroatoms. The fourth-order valence-corrected chi connectivity index (χ4v) is 3.23. The van der Waals surface area contributed by atoms with Crippen LogP contribution in [0.2, 0.25) is 4.85 Å². The Morgan fingerprint density at radius 3 is 2.25 bits per heavy atom. The third-order valence-corrected chi connectivity index (χ3v) is 4.70. The SMILES string of the molecule is C=[C](C)[Co](=[O])[CH]1CCC(C)CC1. The Hall–Kier alpha value is 0.0465. The van der Waals surface area contributed by atoms with Gasteiger partial charge in [0.2, 0.25) is 0 Å². The molecule has 0 aliphatic heterocycles. The van der Waals surface area contributed by atoms with E-state index in [2.05, 4.69) is 13.5 Å². The Morgan fingerprint density at radius 1 is 1.33 bits per heavy atom. The topological polar surface area (TPSA) is 17.1 Å². The maximum atomic E-state index is 11.7. The summed E-state index contributed by atoms with van der Waals surface area (Å²) >= 11 is -1.10. The van der Waals surface area contributed by atoms with E-state index in [-0.39, 0.29) is 0 Å². The summed E-state index contributed by atoms with van der Waals surface area (Å²) in [6.45, 7) is 7.93. The summed E-state index contributed by atoms with van der Waals surface area (Å²) in [7, 11) is 0. The van der Waals surface area contributed by atoms with Crippen molar-refractivity contribution in [1.82, 2.24) is 0 Å². The Bertz CT molecular complexity index is 190. The molecule has 1 aliphatic carbocycles. The van der Waals surface area contributed by atoms with Crippen LogP contribution in [-0.4, -0.2) is 0 Å². The molecular formula is C10H18CoO. The van der Waals surface area contributed by atoms with Crippen molar-refractivity contribution in [3.05, 3.63) is 11.1 Å². The van der Waals surface area contributed by atoms with E-state index in [1.165, 1.54) is 12.8 Å². The van der Waals surface area contributed by atoms with Gasteiger partial charge in [-0.1, -0.05) is 0 Å². The Labute approximate surface area is 79.2 Å². The molecule has 0 saturated heterocycles. The molecule has 0 N–H and O–H groups in total. The molecule has 0 aromatic rings. The van der Waals surface area contributed by atoms with Crippen LogP contribution in [0.15, 0.2) is 11.1 Å². The molecule has 12 heavy (non-hydrogen) atoms. The average molecular weight is 213 g/mol. The van der Waals surface area contributed by atoms with Gasteiger partial charge in [-0.2, -0.15) is 0 Å². The van der Waals surface area contributed by atoms with Crippen LogP contribution in [0.25, 0.3) is 0 Å². The molecule has 0 unspecified atom stereocenters. The maximum absolute atomic E-state index is 11.7. The molecule has 0 atom stereocenters. The van der Waals surface area contributed by atoms with Crippen LogP contribution in [0.4, 0.5) is 0 Å². The van der Waals surface area contributed by atoms with E-state index >= 15 is 0 Å². The molecule has 1 fully saturated rings. The second-order valence-corrected chi connectivity index (χ2v) is 6.20. The van der Waals surface area contributed by atoms with Gasteiger partial charge in [0, 0.05) is 0 Å². The summed E-state index contributed by atoms with van der Waals surface area (Å²) < 4.78 is 12.5. The van der Waals surface area contributed by atoms with E-state index in [9.17, 15) is 3.87 Å². The van der Waals surface area contributed by atoms with E-state index in [1.54, 1.807) is 0 Å². The van der Waals surface area contributed by atoms with Crippen LogP contribution in [0.1, 0.15) is 39.5 Å². The third kappa shape index (κ3) is 2.52. The molecule has 0 radical (unpaired) electrons. The molecule has 1 rings (SSSR count). The van der Waals surface area contributed by atoms with Gasteiger partial charge in [0.1, 0.15) is 0 Å². The first-order valence-corrected chi connectivity index (χ1v) is 6.11. The van der Waals surface area contributed by atoms with Gasteiger partial charge in [-0.15, -0.1) is 0 Å². The van der Waals surface area contributed by atoms with Crippen LogP contribution >= 0.6 is 0 Å². The molecule has 0 amide bonds. The van der Waals surface area contributed by atoms with Crippen molar-refractivity contribution in [3.8, 4) is 0 Å². The average Bonchev–Trinajstić information content (AvgIpc) is 2.04. The van der Waals surface area contributed by atoms with E-state index in [0.29, 0.717) is 4.85 Å². The molecule has 0 heterocycles. The van der Waals surface area contributed by atoms with Gasteiger partial charge in [-0.3, -0.25) is 0 Å². The van der Waals surface area contributed by atoms with E-state index in [1.807, 2.05) is 6.92 Å². The van der Waals surface area contributed by atoms with Gasteiger partial charge in [-0.05, 0) is 0 Å². The molecule has 0 aromatic carbocycles. The monoisotopic (exact) mass is 213 g/mol. The van der Waals surface area contributed by atoms with Crippen LogP contribution in [-0.2, 0) is 17.5 Å². The molecule has 1 saturated carbocycles. The van der Waals surface area contributed by atoms with Crippen molar-refractivity contribution in [2.24, 2.45) is 5.92 Å².